The number of aliphatic imine (C=N–C) groups is 1. The van der Waals surface area contributed by atoms with Crippen LogP contribution < -0.4 is 0 Å². The SMILES string of the molecule is O=C(O)c1cc(-c2c(C3CCOCC3)n(-c3ccc(F)c(F)c3)c3cc4c(cc23)CN=C4)ccc1F. The largest absolute Gasteiger partial charge is 0.478 e. The van der Waals surface area contributed by atoms with Crippen LogP contribution in [0.5, 0.6) is 0 Å². The first kappa shape index (κ1) is 22.5. The van der Waals surface area contributed by atoms with E-state index in [0.29, 0.717) is 43.9 Å². The molecule has 3 heterocycles. The normalized spacial score (nSPS) is 15.5. The third kappa shape index (κ3) is 3.60. The molecule has 0 radical (unpaired) electrons. The number of carbonyl (C=O) groups is 1. The Balaban J connectivity index is 1.74. The van der Waals surface area contributed by atoms with Gasteiger partial charge in [-0.25, -0.2) is 18.0 Å². The zero-order valence-corrected chi connectivity index (χ0v) is 19.1. The summed E-state index contributed by atoms with van der Waals surface area (Å²) in [5.41, 5.74) is 4.84. The molecule has 0 atom stereocenters. The third-order valence-electron chi connectivity index (χ3n) is 7.01. The third-order valence-corrected chi connectivity index (χ3v) is 7.01. The molecule has 0 spiro atoms. The average Bonchev–Trinajstić information content (AvgIpc) is 3.47. The molecule has 4 aromatic rings. The second-order valence-electron chi connectivity index (χ2n) is 9.12. The van der Waals surface area contributed by atoms with Crippen molar-refractivity contribution in [1.29, 1.82) is 0 Å². The summed E-state index contributed by atoms with van der Waals surface area (Å²) in [6.45, 7) is 1.59. The fourth-order valence-electron chi connectivity index (χ4n) is 5.32. The van der Waals surface area contributed by atoms with Crippen LogP contribution in [0.3, 0.4) is 0 Å². The molecule has 0 amide bonds. The lowest BCUT2D eigenvalue weighted by Gasteiger charge is -2.26. The van der Waals surface area contributed by atoms with Crippen molar-refractivity contribution >= 4 is 23.1 Å². The molecule has 6 rings (SSSR count). The minimum absolute atomic E-state index is 0.00361. The predicted molar refractivity (Wildman–Crippen MR) is 130 cm³/mol. The zero-order chi connectivity index (χ0) is 25.0. The molecule has 2 aliphatic heterocycles. The van der Waals surface area contributed by atoms with E-state index < -0.39 is 29.0 Å². The van der Waals surface area contributed by atoms with Crippen LogP contribution >= 0.6 is 0 Å². The van der Waals surface area contributed by atoms with Gasteiger partial charge >= 0.3 is 5.97 Å². The number of halogens is 3. The van der Waals surface area contributed by atoms with E-state index in [1.807, 2.05) is 16.7 Å². The summed E-state index contributed by atoms with van der Waals surface area (Å²) < 4.78 is 50.2. The van der Waals surface area contributed by atoms with Crippen molar-refractivity contribution in [3.63, 3.8) is 0 Å². The molecule has 2 aliphatic rings. The molecule has 1 fully saturated rings. The van der Waals surface area contributed by atoms with E-state index in [2.05, 4.69) is 4.99 Å². The Kier molecular flexibility index (Phi) is 5.41. The van der Waals surface area contributed by atoms with Crippen molar-refractivity contribution in [3.8, 4) is 16.8 Å². The van der Waals surface area contributed by atoms with E-state index in [-0.39, 0.29) is 5.92 Å². The highest BCUT2D eigenvalue weighted by atomic mass is 19.2. The number of aromatic carboxylic acids is 1. The monoisotopic (exact) mass is 490 g/mol. The lowest BCUT2D eigenvalue weighted by molar-refractivity contribution is 0.0692. The van der Waals surface area contributed by atoms with Gasteiger partial charge in [-0.3, -0.25) is 4.99 Å². The predicted octanol–water partition coefficient (Wildman–Crippen LogP) is 6.24. The quantitative estimate of drug-likeness (QED) is 0.368. The summed E-state index contributed by atoms with van der Waals surface area (Å²) >= 11 is 0. The molecule has 36 heavy (non-hydrogen) atoms. The second-order valence-corrected chi connectivity index (χ2v) is 9.12. The minimum atomic E-state index is -1.36. The summed E-state index contributed by atoms with van der Waals surface area (Å²) in [5.74, 6) is -4.10. The number of carboxylic acids is 1. The van der Waals surface area contributed by atoms with Gasteiger partial charge in [-0.05, 0) is 65.9 Å². The van der Waals surface area contributed by atoms with Crippen LogP contribution in [-0.4, -0.2) is 35.1 Å². The summed E-state index contributed by atoms with van der Waals surface area (Å²) in [7, 11) is 0. The van der Waals surface area contributed by atoms with E-state index >= 15 is 0 Å². The van der Waals surface area contributed by atoms with Crippen LogP contribution in [-0.2, 0) is 11.3 Å². The van der Waals surface area contributed by atoms with Crippen LogP contribution in [0.4, 0.5) is 13.2 Å². The number of benzene rings is 3. The summed E-state index contributed by atoms with van der Waals surface area (Å²) in [4.78, 5) is 16.1. The Hall–Kier alpha value is -3.91. The fourth-order valence-corrected chi connectivity index (χ4v) is 5.32. The first-order chi connectivity index (χ1) is 17.4. The number of aromatic nitrogens is 1. The molecule has 0 saturated carbocycles. The van der Waals surface area contributed by atoms with Gasteiger partial charge in [0.25, 0.3) is 0 Å². The number of rotatable bonds is 4. The first-order valence-corrected chi connectivity index (χ1v) is 11.7. The van der Waals surface area contributed by atoms with Gasteiger partial charge in [-0.2, -0.15) is 0 Å². The molecular weight excluding hydrogens is 469 g/mol. The lowest BCUT2D eigenvalue weighted by Crippen LogP contribution is -2.17. The topological polar surface area (TPSA) is 63.8 Å². The van der Waals surface area contributed by atoms with Crippen molar-refractivity contribution in [3.05, 3.63) is 88.4 Å². The van der Waals surface area contributed by atoms with Crippen LogP contribution in [0.2, 0.25) is 0 Å². The number of ether oxygens (including phenoxy) is 1. The fraction of sp³-hybridized carbons (Fsp3) is 0.214. The van der Waals surface area contributed by atoms with Gasteiger partial charge < -0.3 is 14.4 Å². The Morgan fingerprint density at radius 2 is 1.75 bits per heavy atom. The van der Waals surface area contributed by atoms with Gasteiger partial charge in [0.05, 0.1) is 17.6 Å². The zero-order valence-electron chi connectivity index (χ0n) is 19.1. The number of fused-ring (bicyclic) bond motifs is 2. The maximum absolute atomic E-state index is 14.4. The van der Waals surface area contributed by atoms with Gasteiger partial charge in [-0.15, -0.1) is 0 Å². The van der Waals surface area contributed by atoms with Crippen LogP contribution in [0.25, 0.3) is 27.7 Å². The molecule has 8 heteroatoms. The number of carboxylic acid groups (broad SMARTS) is 1. The number of hydrogen-bond donors (Lipinski definition) is 1. The van der Waals surface area contributed by atoms with E-state index in [4.69, 9.17) is 4.74 Å². The average molecular weight is 490 g/mol. The van der Waals surface area contributed by atoms with Gasteiger partial charge in [0.1, 0.15) is 5.82 Å². The van der Waals surface area contributed by atoms with E-state index in [1.165, 1.54) is 12.1 Å². The van der Waals surface area contributed by atoms with Crippen LogP contribution in [0.1, 0.15) is 45.9 Å². The van der Waals surface area contributed by atoms with Crippen molar-refractivity contribution in [2.24, 2.45) is 4.99 Å². The molecule has 0 unspecified atom stereocenters. The molecular formula is C28H21F3N2O3. The van der Waals surface area contributed by atoms with E-state index in [9.17, 15) is 23.1 Å². The molecule has 5 nitrogen and oxygen atoms in total. The Morgan fingerprint density at radius 3 is 2.50 bits per heavy atom. The summed E-state index contributed by atoms with van der Waals surface area (Å²) in [5, 5.41) is 10.4. The summed E-state index contributed by atoms with van der Waals surface area (Å²) in [6.07, 6.45) is 3.17. The lowest BCUT2D eigenvalue weighted by atomic mass is 9.89. The maximum atomic E-state index is 14.4. The molecule has 0 bridgehead atoms. The van der Waals surface area contributed by atoms with Gasteiger partial charge in [0, 0.05) is 53.7 Å². The van der Waals surface area contributed by atoms with Gasteiger partial charge in [-0.1, -0.05) is 6.07 Å². The standard InChI is InChI=1S/C28H21F3N2O3/c29-22-3-1-16(9-20(22)28(34)35)26-21-10-17-13-32-14-18(17)11-25(21)33(19-2-4-23(30)24(31)12-19)27(26)15-5-7-36-8-6-15/h1-4,9-12,14-15H,5-8,13H2,(H,34,35). The van der Waals surface area contributed by atoms with E-state index in [0.717, 1.165) is 51.5 Å². The van der Waals surface area contributed by atoms with Crippen molar-refractivity contribution in [2.75, 3.05) is 13.2 Å². The smallest absolute Gasteiger partial charge is 0.338 e. The highest BCUT2D eigenvalue weighted by molar-refractivity contribution is 6.04. The van der Waals surface area contributed by atoms with Crippen molar-refractivity contribution in [2.45, 2.75) is 25.3 Å². The molecule has 1 saturated heterocycles. The van der Waals surface area contributed by atoms with Crippen LogP contribution in [0, 0.1) is 17.5 Å². The number of nitrogens with zero attached hydrogens (tertiary/aromatic N) is 2. The first-order valence-electron chi connectivity index (χ1n) is 11.7. The Labute approximate surface area is 204 Å². The maximum Gasteiger partial charge on any atom is 0.338 e. The van der Waals surface area contributed by atoms with Crippen LogP contribution in [0.15, 0.2) is 53.5 Å². The molecule has 1 N–H and O–H groups in total. The molecule has 3 aromatic carbocycles. The van der Waals surface area contributed by atoms with Crippen molar-refractivity contribution < 1.29 is 27.8 Å². The second kappa shape index (κ2) is 8.64. The molecule has 0 aliphatic carbocycles. The summed E-state index contributed by atoms with van der Waals surface area (Å²) in [6, 6.07) is 11.8. The van der Waals surface area contributed by atoms with Gasteiger partial charge in [0.2, 0.25) is 0 Å². The highest BCUT2D eigenvalue weighted by Gasteiger charge is 2.29. The highest BCUT2D eigenvalue weighted by Crippen LogP contribution is 2.45. The molecule has 182 valence electrons. The van der Waals surface area contributed by atoms with E-state index in [1.54, 1.807) is 12.3 Å². The van der Waals surface area contributed by atoms with Gasteiger partial charge in [0.15, 0.2) is 11.6 Å². The van der Waals surface area contributed by atoms with Crippen molar-refractivity contribution in [1.82, 2.24) is 4.57 Å². The number of hydrogen-bond acceptors (Lipinski definition) is 3. The molecule has 1 aromatic heterocycles. The Morgan fingerprint density at radius 1 is 0.972 bits per heavy atom. The minimum Gasteiger partial charge on any atom is -0.478 e. The Bertz CT molecular complexity index is 1570.